The van der Waals surface area contributed by atoms with Gasteiger partial charge in [0.2, 0.25) is 0 Å². The Bertz CT molecular complexity index is 780. The van der Waals surface area contributed by atoms with Crippen LogP contribution in [0.3, 0.4) is 0 Å². The van der Waals surface area contributed by atoms with Crippen molar-refractivity contribution in [2.24, 2.45) is 0 Å². The third-order valence-corrected chi connectivity index (χ3v) is 4.41. The Labute approximate surface area is 153 Å². The lowest BCUT2D eigenvalue weighted by molar-refractivity contribution is 0.0696. The molecule has 1 unspecified atom stereocenters. The third kappa shape index (κ3) is 4.43. The number of carbonyl (C=O) groups is 1. The van der Waals surface area contributed by atoms with Gasteiger partial charge in [-0.15, -0.1) is 0 Å². The molecule has 1 aliphatic rings. The molecule has 2 aromatic carbocycles. The average molecular weight is 353 g/mol. The summed E-state index contributed by atoms with van der Waals surface area (Å²) in [6.07, 6.45) is 6.06. The monoisotopic (exact) mass is 353 g/mol. The van der Waals surface area contributed by atoms with Gasteiger partial charge in [0.1, 0.15) is 6.61 Å². The SMILES string of the molecule is COc1cc(C(=O)O)c(/C=C\C2CCCN2)cc1OCc1ccccc1. The first-order valence-corrected chi connectivity index (χ1v) is 8.71. The zero-order valence-corrected chi connectivity index (χ0v) is 14.8. The summed E-state index contributed by atoms with van der Waals surface area (Å²) in [6.45, 7) is 1.38. The molecule has 3 rings (SSSR count). The summed E-state index contributed by atoms with van der Waals surface area (Å²) < 4.78 is 11.2. The second-order valence-electron chi connectivity index (χ2n) is 6.23. The maximum Gasteiger partial charge on any atom is 0.336 e. The second kappa shape index (κ2) is 8.54. The van der Waals surface area contributed by atoms with Crippen molar-refractivity contribution in [2.75, 3.05) is 13.7 Å². The van der Waals surface area contributed by atoms with Crippen LogP contribution in [0.1, 0.15) is 34.3 Å². The Morgan fingerprint density at radius 2 is 2.08 bits per heavy atom. The molecular weight excluding hydrogens is 330 g/mol. The predicted octanol–water partition coefficient (Wildman–Crippen LogP) is 3.74. The van der Waals surface area contributed by atoms with Crippen molar-refractivity contribution in [1.29, 1.82) is 0 Å². The molecule has 0 aliphatic carbocycles. The highest BCUT2D eigenvalue weighted by atomic mass is 16.5. The molecule has 0 amide bonds. The Morgan fingerprint density at radius 1 is 1.27 bits per heavy atom. The fourth-order valence-corrected chi connectivity index (χ4v) is 3.00. The first kappa shape index (κ1) is 18.0. The minimum absolute atomic E-state index is 0.197. The summed E-state index contributed by atoms with van der Waals surface area (Å²) in [5.74, 6) is -0.0493. The van der Waals surface area contributed by atoms with Gasteiger partial charge in [0.05, 0.1) is 12.7 Å². The molecule has 0 radical (unpaired) electrons. The van der Waals surface area contributed by atoms with Gasteiger partial charge in [0.15, 0.2) is 11.5 Å². The number of methoxy groups -OCH3 is 1. The van der Waals surface area contributed by atoms with E-state index in [0.29, 0.717) is 23.7 Å². The lowest BCUT2D eigenvalue weighted by atomic mass is 10.0. The van der Waals surface area contributed by atoms with Gasteiger partial charge >= 0.3 is 5.97 Å². The number of hydrogen-bond acceptors (Lipinski definition) is 4. The van der Waals surface area contributed by atoms with Crippen LogP contribution in [0.5, 0.6) is 11.5 Å². The maximum absolute atomic E-state index is 11.6. The second-order valence-corrected chi connectivity index (χ2v) is 6.23. The molecule has 136 valence electrons. The number of nitrogens with one attached hydrogen (secondary N) is 1. The number of rotatable bonds is 7. The molecule has 2 aromatic rings. The highest BCUT2D eigenvalue weighted by molar-refractivity contribution is 5.93. The van der Waals surface area contributed by atoms with Gasteiger partial charge in [-0.05, 0) is 42.6 Å². The lowest BCUT2D eigenvalue weighted by Gasteiger charge is -2.14. The zero-order valence-electron chi connectivity index (χ0n) is 14.8. The van der Waals surface area contributed by atoms with Crippen molar-refractivity contribution in [1.82, 2.24) is 5.32 Å². The number of ether oxygens (including phenoxy) is 2. The van der Waals surface area contributed by atoms with Crippen LogP contribution in [0.4, 0.5) is 0 Å². The molecule has 1 atom stereocenters. The Hall–Kier alpha value is -2.79. The standard InChI is InChI=1S/C21H23NO4/c1-25-19-13-18(21(23)24)16(9-10-17-8-5-11-22-17)12-20(19)26-14-15-6-3-2-4-7-15/h2-4,6-7,9-10,12-13,17,22H,5,8,11,14H2,1H3,(H,23,24)/b10-9-. The van der Waals surface area contributed by atoms with Gasteiger partial charge in [0, 0.05) is 6.04 Å². The molecule has 1 heterocycles. The number of hydrogen-bond donors (Lipinski definition) is 2. The van der Waals surface area contributed by atoms with E-state index in [2.05, 4.69) is 5.32 Å². The van der Waals surface area contributed by atoms with Crippen LogP contribution in [0.2, 0.25) is 0 Å². The molecular formula is C21H23NO4. The molecule has 0 bridgehead atoms. The predicted molar refractivity (Wildman–Crippen MR) is 101 cm³/mol. The Kier molecular flexibility index (Phi) is 5.92. The maximum atomic E-state index is 11.6. The van der Waals surface area contributed by atoms with E-state index >= 15 is 0 Å². The molecule has 1 aliphatic heterocycles. The van der Waals surface area contributed by atoms with Crippen molar-refractivity contribution in [3.63, 3.8) is 0 Å². The summed E-state index contributed by atoms with van der Waals surface area (Å²) in [6, 6.07) is 13.3. The van der Waals surface area contributed by atoms with Crippen LogP contribution in [-0.4, -0.2) is 30.8 Å². The Morgan fingerprint density at radius 3 is 2.73 bits per heavy atom. The smallest absolute Gasteiger partial charge is 0.336 e. The summed E-state index contributed by atoms with van der Waals surface area (Å²) in [5, 5.41) is 12.9. The number of carboxylic acid groups (broad SMARTS) is 1. The minimum Gasteiger partial charge on any atom is -0.493 e. The zero-order chi connectivity index (χ0) is 18.4. The molecule has 0 spiro atoms. The van der Waals surface area contributed by atoms with E-state index in [0.717, 1.165) is 24.9 Å². The average Bonchev–Trinajstić information content (AvgIpc) is 3.18. The topological polar surface area (TPSA) is 67.8 Å². The third-order valence-electron chi connectivity index (χ3n) is 4.41. The lowest BCUT2D eigenvalue weighted by Crippen LogP contribution is -2.18. The van der Waals surface area contributed by atoms with E-state index in [9.17, 15) is 9.90 Å². The van der Waals surface area contributed by atoms with Crippen molar-refractivity contribution >= 4 is 12.0 Å². The molecule has 1 fully saturated rings. The minimum atomic E-state index is -0.989. The van der Waals surface area contributed by atoms with Crippen molar-refractivity contribution < 1.29 is 19.4 Å². The van der Waals surface area contributed by atoms with E-state index < -0.39 is 5.97 Å². The van der Waals surface area contributed by atoms with Crippen LogP contribution < -0.4 is 14.8 Å². The first-order valence-electron chi connectivity index (χ1n) is 8.71. The molecule has 1 saturated heterocycles. The molecule has 2 N–H and O–H groups in total. The molecule has 0 saturated carbocycles. The molecule has 26 heavy (non-hydrogen) atoms. The van der Waals surface area contributed by atoms with E-state index in [-0.39, 0.29) is 11.6 Å². The highest BCUT2D eigenvalue weighted by Gasteiger charge is 2.16. The van der Waals surface area contributed by atoms with Crippen LogP contribution in [0, 0.1) is 0 Å². The van der Waals surface area contributed by atoms with Gasteiger partial charge < -0.3 is 19.9 Å². The van der Waals surface area contributed by atoms with Crippen LogP contribution in [-0.2, 0) is 6.61 Å². The summed E-state index contributed by atoms with van der Waals surface area (Å²) >= 11 is 0. The number of carboxylic acids is 1. The van der Waals surface area contributed by atoms with Crippen LogP contribution in [0.15, 0.2) is 48.5 Å². The van der Waals surface area contributed by atoms with Crippen molar-refractivity contribution in [2.45, 2.75) is 25.5 Å². The fourth-order valence-electron chi connectivity index (χ4n) is 3.00. The van der Waals surface area contributed by atoms with E-state index in [1.807, 2.05) is 42.5 Å². The largest absolute Gasteiger partial charge is 0.493 e. The van der Waals surface area contributed by atoms with Crippen molar-refractivity contribution in [3.05, 3.63) is 65.2 Å². The van der Waals surface area contributed by atoms with Crippen LogP contribution in [0.25, 0.3) is 6.08 Å². The van der Waals surface area contributed by atoms with Gasteiger partial charge in [-0.2, -0.15) is 0 Å². The Balaban J connectivity index is 1.87. The molecule has 5 nitrogen and oxygen atoms in total. The van der Waals surface area contributed by atoms with Crippen LogP contribution >= 0.6 is 0 Å². The van der Waals surface area contributed by atoms with Gasteiger partial charge in [-0.25, -0.2) is 4.79 Å². The summed E-state index contributed by atoms with van der Waals surface area (Å²) in [4.78, 5) is 11.6. The first-order chi connectivity index (χ1) is 12.7. The quantitative estimate of drug-likeness (QED) is 0.794. The fraction of sp³-hybridized carbons (Fsp3) is 0.286. The van der Waals surface area contributed by atoms with E-state index in [1.54, 1.807) is 6.07 Å². The van der Waals surface area contributed by atoms with Crippen molar-refractivity contribution in [3.8, 4) is 11.5 Å². The van der Waals surface area contributed by atoms with E-state index in [4.69, 9.17) is 9.47 Å². The number of aromatic carboxylic acids is 1. The van der Waals surface area contributed by atoms with Gasteiger partial charge in [-0.1, -0.05) is 42.5 Å². The van der Waals surface area contributed by atoms with E-state index in [1.165, 1.54) is 13.2 Å². The molecule has 5 heteroatoms. The highest BCUT2D eigenvalue weighted by Crippen LogP contribution is 2.32. The number of benzene rings is 2. The summed E-state index contributed by atoms with van der Waals surface area (Å²) in [7, 11) is 1.51. The normalized spacial score (nSPS) is 16.7. The van der Waals surface area contributed by atoms with Gasteiger partial charge in [0.25, 0.3) is 0 Å². The summed E-state index contributed by atoms with van der Waals surface area (Å²) in [5.41, 5.74) is 1.84. The van der Waals surface area contributed by atoms with Gasteiger partial charge in [-0.3, -0.25) is 0 Å². The molecule has 0 aromatic heterocycles.